The summed E-state index contributed by atoms with van der Waals surface area (Å²) >= 11 is 0. The average molecular weight is 538 g/mol. The Bertz CT molecular complexity index is 795. The highest BCUT2D eigenvalue weighted by atomic mass is 32.2. The highest BCUT2D eigenvalue weighted by Gasteiger charge is 2.04. The fraction of sp³-hybridized carbons (Fsp3) is 0.478. The minimum absolute atomic E-state index is 0.0413. The molecule has 0 aromatic heterocycles. The van der Waals surface area contributed by atoms with Crippen LogP contribution in [0.5, 0.6) is 0 Å². The minimum atomic E-state index is -3.52. The molecule has 0 spiro atoms. The number of aryl methyl sites for hydroxylation is 1. The van der Waals surface area contributed by atoms with Crippen LogP contribution in [0, 0.1) is 6.92 Å². The Kier molecular flexibility index (Phi) is 25.3. The van der Waals surface area contributed by atoms with Crippen molar-refractivity contribution in [2.75, 3.05) is 52.9 Å². The van der Waals surface area contributed by atoms with Gasteiger partial charge in [0.25, 0.3) is 0 Å². The zero-order valence-corrected chi connectivity index (χ0v) is 21.8. The molecule has 12 nitrogen and oxygen atoms in total. The number of ether oxygens (including phenoxy) is 3. The highest BCUT2D eigenvalue weighted by molar-refractivity contribution is 7.89. The van der Waals surface area contributed by atoms with Crippen molar-refractivity contribution >= 4 is 22.0 Å². The first-order valence-corrected chi connectivity index (χ1v) is 12.1. The lowest BCUT2D eigenvalue weighted by Crippen LogP contribution is -2.11. The summed E-state index contributed by atoms with van der Waals surface area (Å²) in [6.07, 6.45) is 0. The van der Waals surface area contributed by atoms with Crippen LogP contribution in [0.4, 0.5) is 0 Å². The maximum atomic E-state index is 10.7. The van der Waals surface area contributed by atoms with E-state index < -0.39 is 22.0 Å². The van der Waals surface area contributed by atoms with Gasteiger partial charge in [-0.05, 0) is 32.9 Å². The largest absolute Gasteiger partial charge is 0.478 e. The maximum Gasteiger partial charge on any atom is 0.330 e. The molecule has 0 aliphatic carbocycles. The van der Waals surface area contributed by atoms with E-state index in [1.54, 1.807) is 12.1 Å². The van der Waals surface area contributed by atoms with Crippen molar-refractivity contribution < 1.29 is 52.6 Å². The third-order valence-corrected chi connectivity index (χ3v) is 4.22. The van der Waals surface area contributed by atoms with Crippen LogP contribution in [0.25, 0.3) is 0 Å². The second-order valence-electron chi connectivity index (χ2n) is 6.81. The van der Waals surface area contributed by atoms with Gasteiger partial charge in [0.2, 0.25) is 10.0 Å². The Morgan fingerprint density at radius 1 is 0.778 bits per heavy atom. The van der Waals surface area contributed by atoms with Gasteiger partial charge < -0.3 is 34.6 Å². The predicted octanol–water partition coefficient (Wildman–Crippen LogP) is 0.957. The molecule has 0 amide bonds. The zero-order chi connectivity index (χ0) is 28.6. The molecule has 0 saturated carbocycles. The normalized spacial score (nSPS) is 9.83. The van der Waals surface area contributed by atoms with Gasteiger partial charge in [0.1, 0.15) is 0 Å². The average Bonchev–Trinajstić information content (AvgIpc) is 2.79. The monoisotopic (exact) mass is 537 g/mol. The molecule has 0 heterocycles. The Labute approximate surface area is 212 Å². The summed E-state index contributed by atoms with van der Waals surface area (Å²) in [5.74, 6) is -1.87. The fourth-order valence-electron chi connectivity index (χ4n) is 1.40. The van der Waals surface area contributed by atoms with Gasteiger partial charge in [0.05, 0.1) is 57.8 Å². The number of carboxylic acids is 2. The molecule has 0 bridgehead atoms. The Morgan fingerprint density at radius 2 is 1.06 bits per heavy atom. The quantitative estimate of drug-likeness (QED) is 0.177. The molecule has 0 atom stereocenters. The molecule has 0 unspecified atom stereocenters. The van der Waals surface area contributed by atoms with Crippen molar-refractivity contribution in [3.8, 4) is 0 Å². The summed E-state index contributed by atoms with van der Waals surface area (Å²) in [6.45, 7) is 13.8. The van der Waals surface area contributed by atoms with Crippen LogP contribution in [0.3, 0.4) is 0 Å². The number of benzene rings is 1. The first-order valence-electron chi connectivity index (χ1n) is 10.5. The maximum absolute atomic E-state index is 10.7. The van der Waals surface area contributed by atoms with Gasteiger partial charge in [-0.15, -0.1) is 0 Å². The van der Waals surface area contributed by atoms with E-state index in [9.17, 15) is 18.0 Å². The molecule has 0 saturated heterocycles. The Balaban J connectivity index is -0.000000427. The van der Waals surface area contributed by atoms with Gasteiger partial charge in [-0.25, -0.2) is 23.1 Å². The number of carbonyl (C=O) groups is 2. The fourth-order valence-corrected chi connectivity index (χ4v) is 1.91. The zero-order valence-electron chi connectivity index (χ0n) is 21.0. The molecule has 0 aliphatic heterocycles. The molecule has 0 radical (unpaired) electrons. The van der Waals surface area contributed by atoms with Crippen molar-refractivity contribution in [2.24, 2.45) is 5.14 Å². The smallest absolute Gasteiger partial charge is 0.330 e. The van der Waals surface area contributed by atoms with Crippen molar-refractivity contribution in [1.29, 1.82) is 0 Å². The second-order valence-corrected chi connectivity index (χ2v) is 8.37. The van der Waals surface area contributed by atoms with E-state index in [1.807, 2.05) is 6.92 Å². The lowest BCUT2D eigenvalue weighted by Gasteiger charge is -2.04. The summed E-state index contributed by atoms with van der Waals surface area (Å²) in [5, 5.41) is 37.4. The van der Waals surface area contributed by atoms with Crippen LogP contribution in [0.2, 0.25) is 0 Å². The van der Waals surface area contributed by atoms with E-state index in [0.717, 1.165) is 5.56 Å². The third kappa shape index (κ3) is 29.4. The van der Waals surface area contributed by atoms with Gasteiger partial charge in [-0.2, -0.15) is 0 Å². The van der Waals surface area contributed by atoms with Crippen LogP contribution in [0.15, 0.2) is 53.5 Å². The van der Waals surface area contributed by atoms with E-state index in [0.29, 0.717) is 39.6 Å². The van der Waals surface area contributed by atoms with Crippen LogP contribution in [-0.4, -0.2) is 93.6 Å². The number of hydrogen-bond acceptors (Lipinski definition) is 9. The summed E-state index contributed by atoms with van der Waals surface area (Å²) < 4.78 is 36.5. The summed E-state index contributed by atoms with van der Waals surface area (Å²) in [7, 11) is -3.52. The number of carboxylic acid groups (broad SMARTS) is 2. The van der Waals surface area contributed by atoms with E-state index in [-0.39, 0.29) is 29.3 Å². The molecule has 36 heavy (non-hydrogen) atoms. The minimum Gasteiger partial charge on any atom is -0.478 e. The molecular weight excluding hydrogens is 498 g/mol. The van der Waals surface area contributed by atoms with E-state index in [4.69, 9.17) is 39.8 Å². The van der Waals surface area contributed by atoms with Gasteiger partial charge in [-0.3, -0.25) is 0 Å². The summed E-state index contributed by atoms with van der Waals surface area (Å²) in [4.78, 5) is 19.4. The highest BCUT2D eigenvalue weighted by Crippen LogP contribution is 2.06. The third-order valence-electron chi connectivity index (χ3n) is 3.29. The molecule has 6 N–H and O–H groups in total. The molecule has 0 aliphatic rings. The Hall–Kier alpha value is -2.65. The molecule has 1 aromatic rings. The van der Waals surface area contributed by atoms with Crippen LogP contribution in [0.1, 0.15) is 19.4 Å². The molecule has 1 rings (SSSR count). The van der Waals surface area contributed by atoms with Crippen molar-refractivity contribution in [2.45, 2.75) is 25.7 Å². The second kappa shape index (κ2) is 24.1. The number of rotatable bonds is 13. The topological polar surface area (TPSA) is 203 Å². The SMILES string of the molecule is C=C(C)C(=O)O.C=C(C)C(=O)O.Cc1ccc(S(N)(=O)=O)cc1.OCCOCCOCCOCCO. The molecule has 1 aromatic carbocycles. The Morgan fingerprint density at radius 3 is 1.28 bits per heavy atom. The number of aliphatic carboxylic acids is 2. The number of nitrogens with two attached hydrogens (primary N) is 1. The number of aliphatic hydroxyl groups is 2. The first-order chi connectivity index (χ1) is 16.7. The number of sulfonamides is 1. The lowest BCUT2D eigenvalue weighted by atomic mass is 10.2. The van der Waals surface area contributed by atoms with Crippen LogP contribution in [-0.2, 0) is 33.8 Å². The van der Waals surface area contributed by atoms with Gasteiger partial charge >= 0.3 is 11.9 Å². The molecule has 0 fully saturated rings. The van der Waals surface area contributed by atoms with Crippen molar-refractivity contribution in [3.05, 3.63) is 54.1 Å². The summed E-state index contributed by atoms with van der Waals surface area (Å²) in [6, 6.07) is 6.40. The number of aliphatic hydroxyl groups excluding tert-OH is 2. The summed E-state index contributed by atoms with van der Waals surface area (Å²) in [5.41, 5.74) is 1.36. The molecular formula is C23H39NO11S. The van der Waals surface area contributed by atoms with Crippen molar-refractivity contribution in [1.82, 2.24) is 0 Å². The van der Waals surface area contributed by atoms with Gasteiger partial charge in [-0.1, -0.05) is 30.9 Å². The molecule has 13 heteroatoms. The van der Waals surface area contributed by atoms with Gasteiger partial charge in [0.15, 0.2) is 0 Å². The van der Waals surface area contributed by atoms with Gasteiger partial charge in [0, 0.05) is 11.1 Å². The van der Waals surface area contributed by atoms with E-state index >= 15 is 0 Å². The first kappa shape index (κ1) is 37.9. The van der Waals surface area contributed by atoms with E-state index in [2.05, 4.69) is 13.2 Å². The molecule has 208 valence electrons. The van der Waals surface area contributed by atoms with Crippen LogP contribution >= 0.6 is 0 Å². The van der Waals surface area contributed by atoms with Crippen molar-refractivity contribution in [3.63, 3.8) is 0 Å². The standard InChI is InChI=1S/C8H18O5.C7H9NO2S.2C4H6O2/c9-1-3-11-5-7-13-8-6-12-4-2-10;1-6-2-4-7(5-3-6)11(8,9)10;2*1-3(2)4(5)6/h9-10H,1-8H2;2-5H,1H3,(H2,8,9,10);2*1H2,2H3,(H,5,6). The number of hydrogen-bond donors (Lipinski definition) is 5. The van der Waals surface area contributed by atoms with Crippen LogP contribution < -0.4 is 5.14 Å². The lowest BCUT2D eigenvalue weighted by molar-refractivity contribution is -0.133. The number of primary sulfonamides is 1. The van der Waals surface area contributed by atoms with E-state index in [1.165, 1.54) is 26.0 Å². The predicted molar refractivity (Wildman–Crippen MR) is 134 cm³/mol.